The number of aliphatic carboxylic acids is 1. The van der Waals surface area contributed by atoms with Gasteiger partial charge in [-0.05, 0) is 38.1 Å². The van der Waals surface area contributed by atoms with Crippen molar-refractivity contribution in [2.45, 2.75) is 38.1 Å². The first-order valence-electron chi connectivity index (χ1n) is 5.25. The summed E-state index contributed by atoms with van der Waals surface area (Å²) in [6, 6.07) is 0.264. The smallest absolute Gasteiger partial charge is 0.308 e. The lowest BCUT2D eigenvalue weighted by atomic mass is 9.92. The van der Waals surface area contributed by atoms with Gasteiger partial charge in [-0.1, -0.05) is 6.42 Å². The molecule has 2 atom stereocenters. The predicted octanol–water partition coefficient (Wildman–Crippen LogP) is 1.24. The largest absolute Gasteiger partial charge is 0.481 e. The monoisotopic (exact) mass is 183 g/mol. The van der Waals surface area contributed by atoms with Crippen molar-refractivity contribution in [3.8, 4) is 0 Å². The van der Waals surface area contributed by atoms with Crippen molar-refractivity contribution in [1.82, 2.24) is 5.32 Å². The molecule has 0 bridgehead atoms. The summed E-state index contributed by atoms with van der Waals surface area (Å²) in [4.78, 5) is 11.0. The zero-order chi connectivity index (χ0) is 9.26. The van der Waals surface area contributed by atoms with Crippen molar-refractivity contribution in [3.05, 3.63) is 0 Å². The van der Waals surface area contributed by atoms with Gasteiger partial charge in [0.05, 0.1) is 5.92 Å². The van der Waals surface area contributed by atoms with E-state index in [1.54, 1.807) is 0 Å². The second kappa shape index (κ2) is 3.66. The Morgan fingerprint density at radius 2 is 2.00 bits per heavy atom. The third-order valence-corrected chi connectivity index (χ3v) is 3.20. The fourth-order valence-corrected chi connectivity index (χ4v) is 2.31. The van der Waals surface area contributed by atoms with Crippen LogP contribution in [0, 0.1) is 11.8 Å². The number of hydrogen-bond donors (Lipinski definition) is 2. The third kappa shape index (κ3) is 2.02. The lowest BCUT2D eigenvalue weighted by molar-refractivity contribution is -0.143. The molecule has 2 N–H and O–H groups in total. The van der Waals surface area contributed by atoms with Crippen molar-refractivity contribution in [3.63, 3.8) is 0 Å². The van der Waals surface area contributed by atoms with Gasteiger partial charge in [-0.25, -0.2) is 0 Å². The molecule has 0 aromatic heterocycles. The molecule has 0 amide bonds. The Kier molecular flexibility index (Phi) is 2.54. The topological polar surface area (TPSA) is 49.3 Å². The minimum absolute atomic E-state index is 0.130. The fraction of sp³-hybridized carbons (Fsp3) is 0.900. The van der Waals surface area contributed by atoms with Crippen LogP contribution in [0.5, 0.6) is 0 Å². The molecular formula is C10H17NO2. The SMILES string of the molecule is O=C(O)[C@H]1CCCCN[C@@H]1C1CC1. The van der Waals surface area contributed by atoms with E-state index in [-0.39, 0.29) is 12.0 Å². The van der Waals surface area contributed by atoms with E-state index in [0.717, 1.165) is 25.8 Å². The first-order chi connectivity index (χ1) is 6.29. The highest BCUT2D eigenvalue weighted by Crippen LogP contribution is 2.38. The lowest BCUT2D eigenvalue weighted by Gasteiger charge is -2.21. The van der Waals surface area contributed by atoms with Gasteiger partial charge in [-0.3, -0.25) is 4.79 Å². The van der Waals surface area contributed by atoms with Crippen LogP contribution in [0.15, 0.2) is 0 Å². The molecule has 1 aliphatic heterocycles. The van der Waals surface area contributed by atoms with Crippen LogP contribution in [-0.4, -0.2) is 23.7 Å². The summed E-state index contributed by atoms with van der Waals surface area (Å²) in [6.45, 7) is 1.00. The van der Waals surface area contributed by atoms with E-state index < -0.39 is 5.97 Å². The van der Waals surface area contributed by atoms with Crippen LogP contribution >= 0.6 is 0 Å². The fourth-order valence-electron chi connectivity index (χ4n) is 2.31. The van der Waals surface area contributed by atoms with E-state index in [1.807, 2.05) is 0 Å². The van der Waals surface area contributed by atoms with E-state index in [4.69, 9.17) is 5.11 Å². The highest BCUT2D eigenvalue weighted by Gasteiger charge is 2.39. The van der Waals surface area contributed by atoms with Gasteiger partial charge >= 0.3 is 5.97 Å². The van der Waals surface area contributed by atoms with Gasteiger partial charge in [-0.2, -0.15) is 0 Å². The van der Waals surface area contributed by atoms with Crippen LogP contribution in [-0.2, 0) is 4.79 Å². The van der Waals surface area contributed by atoms with Gasteiger partial charge in [0.1, 0.15) is 0 Å². The third-order valence-electron chi connectivity index (χ3n) is 3.20. The zero-order valence-electron chi connectivity index (χ0n) is 7.83. The van der Waals surface area contributed by atoms with Crippen LogP contribution in [0.4, 0.5) is 0 Å². The summed E-state index contributed by atoms with van der Waals surface area (Å²) in [5.41, 5.74) is 0. The lowest BCUT2D eigenvalue weighted by Crippen LogP contribution is -2.40. The quantitative estimate of drug-likeness (QED) is 0.677. The minimum Gasteiger partial charge on any atom is -0.481 e. The maximum absolute atomic E-state index is 11.0. The maximum Gasteiger partial charge on any atom is 0.308 e. The average Bonchev–Trinajstić information content (AvgIpc) is 2.91. The van der Waals surface area contributed by atoms with E-state index in [9.17, 15) is 4.79 Å². The second-order valence-electron chi connectivity index (χ2n) is 4.26. The molecule has 1 saturated carbocycles. The molecule has 0 aromatic rings. The number of nitrogens with one attached hydrogen (secondary N) is 1. The van der Waals surface area contributed by atoms with Crippen LogP contribution in [0.25, 0.3) is 0 Å². The van der Waals surface area contributed by atoms with E-state index in [0.29, 0.717) is 5.92 Å². The Hall–Kier alpha value is -0.570. The summed E-state index contributed by atoms with van der Waals surface area (Å²) in [6.07, 6.45) is 5.51. The van der Waals surface area contributed by atoms with E-state index in [2.05, 4.69) is 5.32 Å². The first-order valence-corrected chi connectivity index (χ1v) is 5.25. The van der Waals surface area contributed by atoms with Gasteiger partial charge in [-0.15, -0.1) is 0 Å². The molecule has 2 fully saturated rings. The summed E-state index contributed by atoms with van der Waals surface area (Å²) in [7, 11) is 0. The van der Waals surface area contributed by atoms with Crippen molar-refractivity contribution in [2.75, 3.05) is 6.54 Å². The van der Waals surface area contributed by atoms with Gasteiger partial charge in [0.15, 0.2) is 0 Å². The van der Waals surface area contributed by atoms with Crippen molar-refractivity contribution >= 4 is 5.97 Å². The zero-order valence-corrected chi connectivity index (χ0v) is 7.83. The Labute approximate surface area is 78.5 Å². The summed E-state index contributed by atoms with van der Waals surface area (Å²) in [5.74, 6) is -0.0829. The van der Waals surface area contributed by atoms with Crippen LogP contribution in [0.3, 0.4) is 0 Å². The maximum atomic E-state index is 11.0. The number of carboxylic acid groups (broad SMARTS) is 1. The molecule has 0 radical (unpaired) electrons. The highest BCUT2D eigenvalue weighted by atomic mass is 16.4. The Morgan fingerprint density at radius 1 is 1.23 bits per heavy atom. The normalized spacial score (nSPS) is 35.4. The average molecular weight is 183 g/mol. The van der Waals surface area contributed by atoms with Gasteiger partial charge < -0.3 is 10.4 Å². The Balaban J connectivity index is 2.03. The molecule has 13 heavy (non-hydrogen) atoms. The molecule has 3 nitrogen and oxygen atoms in total. The minimum atomic E-state index is -0.605. The molecule has 1 aliphatic carbocycles. The number of carbonyl (C=O) groups is 1. The van der Waals surface area contributed by atoms with Crippen molar-refractivity contribution in [2.24, 2.45) is 11.8 Å². The molecule has 1 saturated heterocycles. The van der Waals surface area contributed by atoms with Crippen LogP contribution in [0.1, 0.15) is 32.1 Å². The van der Waals surface area contributed by atoms with Crippen molar-refractivity contribution < 1.29 is 9.90 Å². The molecule has 2 rings (SSSR count). The molecule has 0 unspecified atom stereocenters. The standard InChI is InChI=1S/C10H17NO2/c12-10(13)8-3-1-2-6-11-9(8)7-4-5-7/h7-9,11H,1-6H2,(H,12,13)/t8-,9+/m0/s1. The molecule has 0 spiro atoms. The molecule has 3 heteroatoms. The molecule has 1 heterocycles. The second-order valence-corrected chi connectivity index (χ2v) is 4.26. The molecular weight excluding hydrogens is 166 g/mol. The summed E-state index contributed by atoms with van der Waals surface area (Å²) in [5, 5.41) is 12.5. The highest BCUT2D eigenvalue weighted by molar-refractivity contribution is 5.71. The van der Waals surface area contributed by atoms with E-state index >= 15 is 0 Å². The molecule has 74 valence electrons. The summed E-state index contributed by atoms with van der Waals surface area (Å²) >= 11 is 0. The van der Waals surface area contributed by atoms with Crippen LogP contribution < -0.4 is 5.32 Å². The predicted molar refractivity (Wildman–Crippen MR) is 49.5 cm³/mol. The van der Waals surface area contributed by atoms with Crippen molar-refractivity contribution in [1.29, 1.82) is 0 Å². The molecule has 2 aliphatic rings. The number of rotatable bonds is 2. The van der Waals surface area contributed by atoms with Gasteiger partial charge in [0.2, 0.25) is 0 Å². The first kappa shape index (κ1) is 9.00. The Bertz CT molecular complexity index is 201. The van der Waals surface area contributed by atoms with E-state index in [1.165, 1.54) is 12.8 Å². The molecule has 0 aromatic carbocycles. The van der Waals surface area contributed by atoms with Gasteiger partial charge in [0.25, 0.3) is 0 Å². The number of hydrogen-bond acceptors (Lipinski definition) is 2. The number of carboxylic acids is 1. The summed E-state index contributed by atoms with van der Waals surface area (Å²) < 4.78 is 0. The van der Waals surface area contributed by atoms with Crippen LogP contribution in [0.2, 0.25) is 0 Å². The Morgan fingerprint density at radius 3 is 2.62 bits per heavy atom. The van der Waals surface area contributed by atoms with Gasteiger partial charge in [0, 0.05) is 6.04 Å².